The van der Waals surface area contributed by atoms with Crippen molar-refractivity contribution in [2.24, 2.45) is 0 Å². The van der Waals surface area contributed by atoms with Crippen molar-refractivity contribution < 1.29 is 35.9 Å². The van der Waals surface area contributed by atoms with Crippen LogP contribution in [0.5, 0.6) is 0 Å². The molecule has 0 aromatic heterocycles. The van der Waals surface area contributed by atoms with Gasteiger partial charge in [0.05, 0.1) is 5.56 Å². The first-order chi connectivity index (χ1) is 14.0. The lowest BCUT2D eigenvalue weighted by molar-refractivity contribution is -0.146. The molecule has 0 saturated heterocycles. The molecule has 0 saturated carbocycles. The fourth-order valence-corrected chi connectivity index (χ4v) is 2.83. The number of carbonyl (C=O) groups excluding carboxylic acids is 2. The molecule has 0 unspecified atom stereocenters. The zero-order valence-corrected chi connectivity index (χ0v) is 16.2. The molecule has 11 heteroatoms. The average Bonchev–Trinajstić information content (AvgIpc) is 2.70. The number of carbonyl (C=O) groups is 2. The van der Waals surface area contributed by atoms with E-state index in [0.717, 1.165) is 29.7 Å². The number of anilines is 1. The van der Waals surface area contributed by atoms with Gasteiger partial charge in [0.1, 0.15) is 6.54 Å². The molecule has 2 N–H and O–H groups in total. The van der Waals surface area contributed by atoms with E-state index in [-0.39, 0.29) is 5.69 Å². The molecule has 0 fully saturated rings. The summed E-state index contributed by atoms with van der Waals surface area (Å²) >= 11 is 0. The monoisotopic (exact) mass is 442 g/mol. The van der Waals surface area contributed by atoms with Crippen molar-refractivity contribution in [1.82, 2.24) is 4.72 Å². The first-order valence-electron chi connectivity index (χ1n) is 8.41. The third-order valence-corrected chi connectivity index (χ3v) is 4.56. The van der Waals surface area contributed by atoms with Crippen molar-refractivity contribution in [3.63, 3.8) is 0 Å². The number of hydrogen-bond acceptors (Lipinski definition) is 5. The van der Waals surface area contributed by atoms with Gasteiger partial charge in [0.2, 0.25) is 10.0 Å². The minimum absolute atomic E-state index is 0.0794. The van der Waals surface area contributed by atoms with E-state index in [1.807, 2.05) is 4.72 Å². The van der Waals surface area contributed by atoms with Crippen molar-refractivity contribution >= 4 is 33.7 Å². The molecule has 0 bridgehead atoms. The molecule has 0 radical (unpaired) electrons. The van der Waals surface area contributed by atoms with Crippen molar-refractivity contribution in [3.8, 4) is 0 Å². The van der Waals surface area contributed by atoms with Crippen LogP contribution in [0.1, 0.15) is 11.1 Å². The summed E-state index contributed by atoms with van der Waals surface area (Å²) in [4.78, 5) is 23.3. The topological polar surface area (TPSA) is 102 Å². The number of alkyl halides is 3. The molecule has 30 heavy (non-hydrogen) atoms. The zero-order valence-electron chi connectivity index (χ0n) is 15.3. The van der Waals surface area contributed by atoms with Gasteiger partial charge >= 0.3 is 12.1 Å². The van der Waals surface area contributed by atoms with Gasteiger partial charge < -0.3 is 10.1 Å². The fourth-order valence-electron chi connectivity index (χ4n) is 2.08. The Morgan fingerprint density at radius 2 is 1.63 bits per heavy atom. The Balaban J connectivity index is 1.76. The maximum absolute atomic E-state index is 12.5. The van der Waals surface area contributed by atoms with Gasteiger partial charge in [-0.25, -0.2) is 13.1 Å². The van der Waals surface area contributed by atoms with E-state index in [9.17, 15) is 31.2 Å². The highest BCUT2D eigenvalue weighted by Crippen LogP contribution is 2.29. The lowest BCUT2D eigenvalue weighted by atomic mass is 10.2. The average molecular weight is 442 g/mol. The minimum Gasteiger partial charge on any atom is -0.455 e. The van der Waals surface area contributed by atoms with Crippen molar-refractivity contribution in [2.75, 3.05) is 18.5 Å². The summed E-state index contributed by atoms with van der Waals surface area (Å²) in [5.41, 5.74) is -0.151. The Bertz CT molecular complexity index is 1000. The Kier molecular flexibility index (Phi) is 7.72. The van der Waals surface area contributed by atoms with E-state index in [1.165, 1.54) is 6.08 Å². The smallest absolute Gasteiger partial charge is 0.416 e. The number of hydrogen-bond donors (Lipinski definition) is 2. The highest BCUT2D eigenvalue weighted by atomic mass is 32.2. The van der Waals surface area contributed by atoms with Crippen LogP contribution in [0.3, 0.4) is 0 Å². The Labute approximate surface area is 170 Å². The third kappa shape index (κ3) is 8.05. The van der Waals surface area contributed by atoms with Gasteiger partial charge in [-0.15, -0.1) is 0 Å². The van der Waals surface area contributed by atoms with Crippen LogP contribution in [0.25, 0.3) is 6.08 Å². The van der Waals surface area contributed by atoms with Gasteiger partial charge in [0.25, 0.3) is 5.91 Å². The second kappa shape index (κ2) is 10.0. The molecule has 7 nitrogen and oxygen atoms in total. The summed E-state index contributed by atoms with van der Waals surface area (Å²) in [6.45, 7) is -1.43. The first-order valence-corrected chi connectivity index (χ1v) is 9.95. The number of esters is 1. The normalized spacial score (nSPS) is 12.0. The predicted octanol–water partition coefficient (Wildman–Crippen LogP) is 2.78. The maximum atomic E-state index is 12.5. The summed E-state index contributed by atoms with van der Waals surface area (Å²) < 4.78 is 67.7. The number of nitrogens with one attached hydrogen (secondary N) is 2. The largest absolute Gasteiger partial charge is 0.455 e. The van der Waals surface area contributed by atoms with Crippen molar-refractivity contribution in [1.29, 1.82) is 0 Å². The molecule has 1 amide bonds. The number of amides is 1. The molecule has 0 aliphatic carbocycles. The third-order valence-electron chi connectivity index (χ3n) is 3.52. The van der Waals surface area contributed by atoms with Gasteiger partial charge in [-0.2, -0.15) is 13.2 Å². The Morgan fingerprint density at radius 1 is 1.00 bits per heavy atom. The molecule has 0 heterocycles. The Morgan fingerprint density at radius 3 is 2.23 bits per heavy atom. The van der Waals surface area contributed by atoms with Crippen LogP contribution >= 0.6 is 0 Å². The highest BCUT2D eigenvalue weighted by Gasteiger charge is 2.30. The molecular formula is C19H17F3N2O5S. The van der Waals surface area contributed by atoms with E-state index in [4.69, 9.17) is 0 Å². The SMILES string of the molecule is O=C(COC(=O)CNS(=O)(=O)/C=C/c1ccccc1)Nc1ccc(C(F)(F)F)cc1. The number of benzene rings is 2. The number of halogens is 3. The molecule has 0 aliphatic heterocycles. The maximum Gasteiger partial charge on any atom is 0.416 e. The molecule has 2 aromatic rings. The summed E-state index contributed by atoms with van der Waals surface area (Å²) in [7, 11) is -3.90. The van der Waals surface area contributed by atoms with E-state index in [1.54, 1.807) is 30.3 Å². The van der Waals surface area contributed by atoms with Crippen LogP contribution in [0.15, 0.2) is 60.0 Å². The van der Waals surface area contributed by atoms with E-state index in [2.05, 4.69) is 10.1 Å². The quantitative estimate of drug-likeness (QED) is 0.613. The van der Waals surface area contributed by atoms with Gasteiger partial charge in [-0.3, -0.25) is 9.59 Å². The van der Waals surface area contributed by atoms with Crippen molar-refractivity contribution in [2.45, 2.75) is 6.18 Å². The number of ether oxygens (including phenoxy) is 1. The van der Waals surface area contributed by atoms with Crippen LogP contribution in [0.4, 0.5) is 18.9 Å². The molecule has 0 atom stereocenters. The molecule has 0 spiro atoms. The van der Waals surface area contributed by atoms with E-state index >= 15 is 0 Å². The molecular weight excluding hydrogens is 425 g/mol. The molecule has 2 aromatic carbocycles. The minimum atomic E-state index is -4.50. The molecule has 2 rings (SSSR count). The second-order valence-corrected chi connectivity index (χ2v) is 7.51. The second-order valence-electron chi connectivity index (χ2n) is 5.86. The summed E-state index contributed by atoms with van der Waals surface area (Å²) in [6.07, 6.45) is -3.16. The Hall–Kier alpha value is -3.18. The first kappa shape index (κ1) is 23.1. The van der Waals surface area contributed by atoms with Gasteiger partial charge in [0.15, 0.2) is 6.61 Å². The molecule has 160 valence electrons. The molecule has 0 aliphatic rings. The van der Waals surface area contributed by atoms with Crippen LogP contribution in [-0.2, 0) is 30.5 Å². The fraction of sp³-hybridized carbons (Fsp3) is 0.158. The van der Waals surface area contributed by atoms with Crippen LogP contribution < -0.4 is 10.0 Å². The summed E-state index contributed by atoms with van der Waals surface area (Å²) in [5.74, 6) is -1.80. The van der Waals surface area contributed by atoms with Crippen molar-refractivity contribution in [3.05, 3.63) is 71.1 Å². The van der Waals surface area contributed by atoms with Gasteiger partial charge in [-0.05, 0) is 35.9 Å². The van der Waals surface area contributed by atoms with Crippen LogP contribution in [0.2, 0.25) is 0 Å². The number of sulfonamides is 1. The van der Waals surface area contributed by atoms with Crippen LogP contribution in [-0.4, -0.2) is 33.4 Å². The standard InChI is InChI=1S/C19H17F3N2O5S/c20-19(21,22)15-6-8-16(9-7-15)24-17(25)13-29-18(26)12-23-30(27,28)11-10-14-4-2-1-3-5-14/h1-11,23H,12-13H2,(H,24,25)/b11-10+. The highest BCUT2D eigenvalue weighted by molar-refractivity contribution is 7.92. The zero-order chi connectivity index (χ0) is 22.2. The van der Waals surface area contributed by atoms with E-state index in [0.29, 0.717) is 5.56 Å². The lowest BCUT2D eigenvalue weighted by Crippen LogP contribution is -2.31. The van der Waals surface area contributed by atoms with Gasteiger partial charge in [-0.1, -0.05) is 30.3 Å². The van der Waals surface area contributed by atoms with Gasteiger partial charge in [0, 0.05) is 11.1 Å². The van der Waals surface area contributed by atoms with Crippen LogP contribution in [0, 0.1) is 0 Å². The lowest BCUT2D eigenvalue weighted by Gasteiger charge is -2.09. The summed E-state index contributed by atoms with van der Waals surface area (Å²) in [6, 6.07) is 12.3. The number of rotatable bonds is 8. The van der Waals surface area contributed by atoms with E-state index < -0.39 is 46.8 Å². The predicted molar refractivity (Wildman–Crippen MR) is 103 cm³/mol. The summed E-state index contributed by atoms with van der Waals surface area (Å²) in [5, 5.41) is 3.14.